The molecule has 0 saturated carbocycles. The summed E-state index contributed by atoms with van der Waals surface area (Å²) in [7, 11) is 0. The first-order chi connectivity index (χ1) is 11.5. The Morgan fingerprint density at radius 1 is 1.08 bits per heavy atom. The number of benzene rings is 2. The van der Waals surface area contributed by atoms with E-state index in [1.54, 1.807) is 18.2 Å². The largest absolute Gasteiger partial charge is 0.326 e. The molecule has 0 radical (unpaired) electrons. The van der Waals surface area contributed by atoms with Gasteiger partial charge in [0.2, 0.25) is 5.91 Å². The van der Waals surface area contributed by atoms with Crippen molar-refractivity contribution in [3.8, 4) is 0 Å². The summed E-state index contributed by atoms with van der Waals surface area (Å²) < 4.78 is 26.0. The van der Waals surface area contributed by atoms with E-state index in [0.29, 0.717) is 11.3 Å². The zero-order chi connectivity index (χ0) is 17.3. The van der Waals surface area contributed by atoms with E-state index in [-0.39, 0.29) is 24.6 Å². The van der Waals surface area contributed by atoms with Crippen LogP contribution in [-0.4, -0.2) is 23.3 Å². The van der Waals surface area contributed by atoms with Crippen molar-refractivity contribution in [2.45, 2.75) is 6.42 Å². The highest BCUT2D eigenvalue weighted by molar-refractivity contribution is 6.09. The molecule has 3 rings (SSSR count). The second kappa shape index (κ2) is 6.23. The summed E-state index contributed by atoms with van der Waals surface area (Å²) in [6.45, 7) is 4.05. The van der Waals surface area contributed by atoms with Crippen molar-refractivity contribution >= 4 is 23.2 Å². The highest BCUT2D eigenvalue weighted by Gasteiger charge is 2.30. The van der Waals surface area contributed by atoms with Gasteiger partial charge >= 0.3 is 0 Å². The van der Waals surface area contributed by atoms with E-state index in [1.165, 1.54) is 11.0 Å². The van der Waals surface area contributed by atoms with Crippen LogP contribution in [-0.2, 0) is 4.79 Å². The number of halogens is 2. The minimum atomic E-state index is -1.04. The molecule has 2 aromatic carbocycles. The van der Waals surface area contributed by atoms with Gasteiger partial charge < -0.3 is 10.2 Å². The van der Waals surface area contributed by atoms with E-state index in [2.05, 4.69) is 11.9 Å². The number of rotatable bonds is 4. The number of nitrogens with one attached hydrogen (secondary N) is 1. The van der Waals surface area contributed by atoms with Crippen LogP contribution >= 0.6 is 0 Å². The highest BCUT2D eigenvalue weighted by Crippen LogP contribution is 2.31. The van der Waals surface area contributed by atoms with Crippen molar-refractivity contribution < 1.29 is 18.4 Å². The summed E-state index contributed by atoms with van der Waals surface area (Å²) in [5.74, 6) is -2.62. The summed E-state index contributed by atoms with van der Waals surface area (Å²) in [5, 5.41) is 2.47. The Morgan fingerprint density at radius 2 is 1.79 bits per heavy atom. The molecular weight excluding hydrogens is 314 g/mol. The molecule has 24 heavy (non-hydrogen) atoms. The third-order valence-electron chi connectivity index (χ3n) is 3.81. The molecule has 1 aliphatic rings. The van der Waals surface area contributed by atoms with Crippen LogP contribution < -0.4 is 5.32 Å². The fraction of sp³-hybridized carbons (Fsp3) is 0.111. The molecule has 6 heteroatoms. The Balaban J connectivity index is 1.62. The van der Waals surface area contributed by atoms with Crippen LogP contribution in [0.15, 0.2) is 49.0 Å². The maximum Gasteiger partial charge on any atom is 0.258 e. The van der Waals surface area contributed by atoms with Crippen LogP contribution in [0, 0.1) is 11.6 Å². The lowest BCUT2D eigenvalue weighted by Crippen LogP contribution is -2.27. The fourth-order valence-electron chi connectivity index (χ4n) is 2.58. The molecule has 1 N–H and O–H groups in total. The van der Waals surface area contributed by atoms with Crippen molar-refractivity contribution in [3.63, 3.8) is 0 Å². The summed E-state index contributed by atoms with van der Waals surface area (Å²) in [4.78, 5) is 25.7. The predicted octanol–water partition coefficient (Wildman–Crippen LogP) is 3.42. The molecule has 4 nitrogen and oxygen atoms in total. The van der Waals surface area contributed by atoms with Gasteiger partial charge in [0.05, 0.1) is 0 Å². The SMILES string of the molecule is C=C1c2ccccc2C(=O)N1CCC(=O)Nc1ccc(F)c(F)c1. The van der Waals surface area contributed by atoms with E-state index >= 15 is 0 Å². The quantitative estimate of drug-likeness (QED) is 0.935. The summed E-state index contributed by atoms with van der Waals surface area (Å²) in [6.07, 6.45) is 0.0117. The van der Waals surface area contributed by atoms with Crippen LogP contribution in [0.5, 0.6) is 0 Å². The predicted molar refractivity (Wildman–Crippen MR) is 86.1 cm³/mol. The average molecular weight is 328 g/mol. The van der Waals surface area contributed by atoms with Crippen LogP contribution in [0.3, 0.4) is 0 Å². The Labute approximate surface area is 137 Å². The summed E-state index contributed by atoms with van der Waals surface area (Å²) >= 11 is 0. The molecule has 0 aromatic heterocycles. The number of fused-ring (bicyclic) bond motifs is 1. The second-order valence-corrected chi connectivity index (χ2v) is 5.38. The van der Waals surface area contributed by atoms with E-state index in [4.69, 9.17) is 0 Å². The van der Waals surface area contributed by atoms with Gasteiger partial charge in [0, 0.05) is 41.5 Å². The third kappa shape index (κ3) is 2.90. The molecule has 1 aliphatic heterocycles. The highest BCUT2D eigenvalue weighted by atomic mass is 19.2. The first-order valence-corrected chi connectivity index (χ1v) is 7.32. The maximum atomic E-state index is 13.1. The van der Waals surface area contributed by atoms with Gasteiger partial charge in [-0.3, -0.25) is 9.59 Å². The van der Waals surface area contributed by atoms with Crippen molar-refractivity contribution in [3.05, 3.63) is 71.8 Å². The summed E-state index contributed by atoms with van der Waals surface area (Å²) in [6, 6.07) is 10.2. The molecule has 122 valence electrons. The lowest BCUT2D eigenvalue weighted by atomic mass is 10.1. The van der Waals surface area contributed by atoms with E-state index in [1.807, 2.05) is 6.07 Å². The molecule has 0 saturated heterocycles. The molecule has 1 heterocycles. The Kier molecular flexibility index (Phi) is 4.12. The average Bonchev–Trinajstić information content (AvgIpc) is 2.81. The number of hydrogen-bond acceptors (Lipinski definition) is 2. The van der Waals surface area contributed by atoms with Crippen LogP contribution in [0.1, 0.15) is 22.3 Å². The first-order valence-electron chi connectivity index (χ1n) is 7.32. The number of carbonyl (C=O) groups excluding carboxylic acids is 2. The minimum absolute atomic E-state index is 0.0117. The van der Waals surface area contributed by atoms with Crippen molar-refractivity contribution in [2.24, 2.45) is 0 Å². The molecule has 0 spiro atoms. The normalized spacial score (nSPS) is 13.2. The van der Waals surface area contributed by atoms with Gasteiger partial charge in [-0.05, 0) is 18.2 Å². The van der Waals surface area contributed by atoms with Crippen molar-refractivity contribution in [2.75, 3.05) is 11.9 Å². The molecule has 0 bridgehead atoms. The number of carbonyl (C=O) groups is 2. The molecular formula is C18H14F2N2O2. The Hall–Kier alpha value is -3.02. The van der Waals surface area contributed by atoms with Gasteiger partial charge in [-0.15, -0.1) is 0 Å². The molecule has 2 amide bonds. The summed E-state index contributed by atoms with van der Waals surface area (Å²) in [5.41, 5.74) is 2.03. The van der Waals surface area contributed by atoms with E-state index in [0.717, 1.165) is 17.7 Å². The fourth-order valence-corrected chi connectivity index (χ4v) is 2.58. The Bertz CT molecular complexity index is 814. The lowest BCUT2D eigenvalue weighted by Gasteiger charge is -2.17. The van der Waals surface area contributed by atoms with Gasteiger partial charge in [-0.2, -0.15) is 0 Å². The van der Waals surface area contributed by atoms with Gasteiger partial charge in [0.25, 0.3) is 5.91 Å². The van der Waals surface area contributed by atoms with Crippen molar-refractivity contribution in [1.29, 1.82) is 0 Å². The Morgan fingerprint density at radius 3 is 2.46 bits per heavy atom. The van der Waals surface area contributed by atoms with E-state index in [9.17, 15) is 18.4 Å². The van der Waals surface area contributed by atoms with Crippen LogP contribution in [0.2, 0.25) is 0 Å². The third-order valence-corrected chi connectivity index (χ3v) is 3.81. The number of nitrogens with zero attached hydrogens (tertiary/aromatic N) is 1. The zero-order valence-electron chi connectivity index (χ0n) is 12.7. The lowest BCUT2D eigenvalue weighted by molar-refractivity contribution is -0.116. The van der Waals surface area contributed by atoms with Gasteiger partial charge in [0.1, 0.15) is 0 Å². The van der Waals surface area contributed by atoms with Crippen LogP contribution in [0.25, 0.3) is 5.70 Å². The first kappa shape index (κ1) is 15.9. The van der Waals surface area contributed by atoms with E-state index < -0.39 is 17.5 Å². The van der Waals surface area contributed by atoms with Crippen LogP contribution in [0.4, 0.5) is 14.5 Å². The van der Waals surface area contributed by atoms with Gasteiger partial charge in [0.15, 0.2) is 11.6 Å². The molecule has 0 atom stereocenters. The van der Waals surface area contributed by atoms with Gasteiger partial charge in [-0.25, -0.2) is 8.78 Å². The van der Waals surface area contributed by atoms with Gasteiger partial charge in [-0.1, -0.05) is 24.8 Å². The number of amides is 2. The molecule has 0 fully saturated rings. The minimum Gasteiger partial charge on any atom is -0.326 e. The monoisotopic (exact) mass is 328 g/mol. The molecule has 2 aromatic rings. The number of hydrogen-bond donors (Lipinski definition) is 1. The maximum absolute atomic E-state index is 13.1. The topological polar surface area (TPSA) is 49.4 Å². The zero-order valence-corrected chi connectivity index (χ0v) is 12.7. The standard InChI is InChI=1S/C18H14F2N2O2/c1-11-13-4-2-3-5-14(13)18(24)22(11)9-8-17(23)21-12-6-7-15(19)16(20)10-12/h2-7,10H,1,8-9H2,(H,21,23). The van der Waals surface area contributed by atoms with Crippen molar-refractivity contribution in [1.82, 2.24) is 4.90 Å². The molecule has 0 unspecified atom stereocenters. The second-order valence-electron chi connectivity index (χ2n) is 5.38. The smallest absolute Gasteiger partial charge is 0.258 e. The molecule has 0 aliphatic carbocycles. The number of anilines is 1.